The van der Waals surface area contributed by atoms with E-state index in [0.717, 1.165) is 25.7 Å². The molecule has 0 aromatic carbocycles. The molecule has 0 aromatic heterocycles. The molecule has 6 saturated heterocycles. The highest BCUT2D eigenvalue weighted by atomic mass is 16.8. The topological polar surface area (TPSA) is 483 Å². The number of rotatable bonds is 58. The van der Waals surface area contributed by atoms with Crippen LogP contribution in [0.5, 0.6) is 0 Å². The fraction of sp³-hybridized carbons (Fsp3) is 0.925. The number of ether oxygens (including phenoxy) is 26. The van der Waals surface area contributed by atoms with Crippen molar-refractivity contribution in [2.75, 3.05) is 187 Å². The molecule has 0 amide bonds. The molecule has 38 heteroatoms. The predicted molar refractivity (Wildman–Crippen MR) is 419 cm³/mol. The van der Waals surface area contributed by atoms with E-state index >= 15 is 0 Å². The fourth-order valence-electron chi connectivity index (χ4n) is 12.4. The highest BCUT2D eigenvalue weighted by molar-refractivity contribution is 4.93. The lowest BCUT2D eigenvalue weighted by Gasteiger charge is -2.44. The largest absolute Gasteiger partial charge is 0.391 e. The Morgan fingerprint density at radius 2 is 0.568 bits per heavy atom. The van der Waals surface area contributed by atoms with E-state index in [9.17, 15) is 61.3 Å². The Labute approximate surface area is 696 Å². The molecule has 6 heterocycles. The number of hydrogen-bond acceptors (Lipinski definition) is 38. The van der Waals surface area contributed by atoms with Crippen LogP contribution in [0.1, 0.15) is 88.0 Å². The third-order valence-electron chi connectivity index (χ3n) is 19.3. The molecule has 0 aliphatic carbocycles. The van der Waals surface area contributed by atoms with Gasteiger partial charge in [-0.2, -0.15) is 0 Å². The van der Waals surface area contributed by atoms with Crippen LogP contribution in [0.2, 0.25) is 0 Å². The van der Waals surface area contributed by atoms with E-state index in [1.165, 1.54) is 21.3 Å². The zero-order chi connectivity index (χ0) is 87.1. The van der Waals surface area contributed by atoms with Gasteiger partial charge in [0.25, 0.3) is 0 Å². The van der Waals surface area contributed by atoms with E-state index in [4.69, 9.17) is 123 Å². The van der Waals surface area contributed by atoms with Gasteiger partial charge in [-0.05, 0) is 40.5 Å². The predicted octanol–water partition coefficient (Wildman–Crippen LogP) is -0.782. The highest BCUT2D eigenvalue weighted by Gasteiger charge is 2.51. The Kier molecular flexibility index (Phi) is 56.7. The van der Waals surface area contributed by atoms with Crippen LogP contribution in [0.15, 0.2) is 38.0 Å². The molecule has 6 fully saturated rings. The van der Waals surface area contributed by atoms with E-state index in [1.54, 1.807) is 45.9 Å². The second kappa shape index (κ2) is 62.0. The average Bonchev–Trinajstić information content (AvgIpc) is 0.812. The van der Waals surface area contributed by atoms with Crippen LogP contribution < -0.4 is 0 Å². The van der Waals surface area contributed by atoms with Gasteiger partial charge in [0.15, 0.2) is 37.7 Å². The Balaban J connectivity index is 0.000000375. The standard InChI is InChI=1S/C31H58O14.C25H46O12.C24H44O12/c1-7-9-11-38-16-24(33)18-40-21(4)13-41-28-26(34)20(3)12-43-31(28)45-25-19-44-30(36-6)29(27(25)35)42-14-22(5)39-17-23(32)15-37-10-8-2;1-5-7-9-32-12-18(27)14-34-23-21(29)19(15-36-24(23)30-4)37-25-22(20(28)16(3)10-35-25)33-13-17(26)11-31-8-6-2;1-6-7-30-11-17(26)12-31-16(4)10-33-22-20(28)18(13-35-23(22)29-5)36-24-21(32-9-15(3)25)19(27)14(2)8-34-24/h8,20-35H,2,7,9-19H2,1,3-6H3;6,16-29H,2,5,7-15H2,1,3-4H3;6,14-28H,1,7-13H2,2-5H3/t20-,21?,22?,23?,24?,25?,26?,27?,28?,29?,30?,31?;16-,17?,18?,19?,20?,21?,22?,23?,24?,25?;14-,15?,16?,17?,18?,19?,20?,21?,22?,23?,24?/m111/s1. The molecule has 38 nitrogen and oxygen atoms in total. The molecule has 0 aromatic rings. The quantitative estimate of drug-likeness (QED) is 0.0262. The number of unbranched alkanes of at least 4 members (excludes halogenated alkanes) is 2. The minimum Gasteiger partial charge on any atom is -0.391 e. The first-order valence-electron chi connectivity index (χ1n) is 41.3. The molecular weight excluding hydrogens is 1570 g/mol. The average molecular weight is 1720 g/mol. The van der Waals surface area contributed by atoms with Gasteiger partial charge in [-0.1, -0.05) is 65.7 Å². The summed E-state index contributed by atoms with van der Waals surface area (Å²) in [6.45, 7) is 30.7. The second-order valence-electron chi connectivity index (χ2n) is 30.5. The van der Waals surface area contributed by atoms with Crippen molar-refractivity contribution in [2.24, 2.45) is 17.8 Å². The molecule has 30 unspecified atom stereocenters. The molecular formula is C80H148O38. The fourth-order valence-corrected chi connectivity index (χ4v) is 12.4. The summed E-state index contributed by atoms with van der Waals surface area (Å²) in [5.74, 6) is -0.649. The summed E-state index contributed by atoms with van der Waals surface area (Å²) in [6.07, 6.45) is -17.4. The second-order valence-corrected chi connectivity index (χ2v) is 30.5. The maximum Gasteiger partial charge on any atom is 0.186 e. The van der Waals surface area contributed by atoms with E-state index in [0.29, 0.717) is 33.0 Å². The van der Waals surface area contributed by atoms with Crippen molar-refractivity contribution in [1.29, 1.82) is 0 Å². The third kappa shape index (κ3) is 40.1. The van der Waals surface area contributed by atoms with Crippen molar-refractivity contribution >= 4 is 0 Å². The number of aliphatic hydroxyl groups is 12. The molecule has 0 radical (unpaired) electrons. The molecule has 6 aliphatic heterocycles. The minimum atomic E-state index is -1.19. The lowest BCUT2D eigenvalue weighted by Crippen LogP contribution is -2.60. The van der Waals surface area contributed by atoms with Gasteiger partial charge in [0, 0.05) is 52.3 Å². The first-order chi connectivity index (χ1) is 56.6. The highest BCUT2D eigenvalue weighted by Crippen LogP contribution is 2.33. The van der Waals surface area contributed by atoms with Gasteiger partial charge in [-0.25, -0.2) is 0 Å². The monoisotopic (exact) mass is 1720 g/mol. The van der Waals surface area contributed by atoms with Gasteiger partial charge in [0.2, 0.25) is 0 Å². The molecule has 696 valence electrons. The maximum absolute atomic E-state index is 11.2. The molecule has 0 spiro atoms. The molecule has 6 aliphatic rings. The summed E-state index contributed by atoms with van der Waals surface area (Å²) >= 11 is 0. The van der Waals surface area contributed by atoms with E-state index in [1.807, 2.05) is 20.8 Å². The van der Waals surface area contributed by atoms with E-state index < -0.39 is 184 Å². The summed E-state index contributed by atoms with van der Waals surface area (Å²) in [5, 5.41) is 125. The van der Waals surface area contributed by atoms with Crippen molar-refractivity contribution in [2.45, 2.75) is 272 Å². The van der Waals surface area contributed by atoms with Crippen LogP contribution in [0.3, 0.4) is 0 Å². The summed E-state index contributed by atoms with van der Waals surface area (Å²) < 4.78 is 147. The van der Waals surface area contributed by atoms with Crippen molar-refractivity contribution < 1.29 is 184 Å². The number of hydrogen-bond donors (Lipinski definition) is 12. The Hall–Kier alpha value is -2.30. The maximum atomic E-state index is 11.2. The van der Waals surface area contributed by atoms with Crippen LogP contribution in [0.25, 0.3) is 0 Å². The lowest BCUT2D eigenvalue weighted by molar-refractivity contribution is -0.332. The first kappa shape index (κ1) is 108. The lowest BCUT2D eigenvalue weighted by atomic mass is 9.97. The smallest absolute Gasteiger partial charge is 0.186 e. The van der Waals surface area contributed by atoms with Gasteiger partial charge in [0.1, 0.15) is 104 Å². The molecule has 12 N–H and O–H groups in total. The Morgan fingerprint density at radius 3 is 0.831 bits per heavy atom. The van der Waals surface area contributed by atoms with E-state index in [2.05, 4.69) is 33.6 Å². The van der Waals surface area contributed by atoms with Crippen molar-refractivity contribution in [1.82, 2.24) is 0 Å². The van der Waals surface area contributed by atoms with Gasteiger partial charge in [-0.15, -0.1) is 19.7 Å². The molecule has 0 saturated carbocycles. The van der Waals surface area contributed by atoms with Crippen LogP contribution in [0.4, 0.5) is 0 Å². The number of aliphatic hydroxyl groups excluding tert-OH is 12. The Morgan fingerprint density at radius 1 is 0.322 bits per heavy atom. The van der Waals surface area contributed by atoms with Crippen LogP contribution in [-0.2, 0) is 123 Å². The van der Waals surface area contributed by atoms with Crippen molar-refractivity contribution in [3.63, 3.8) is 0 Å². The van der Waals surface area contributed by atoms with Crippen molar-refractivity contribution in [3.05, 3.63) is 38.0 Å². The first-order valence-corrected chi connectivity index (χ1v) is 41.3. The summed E-state index contributed by atoms with van der Waals surface area (Å²) in [7, 11) is 4.31. The minimum absolute atomic E-state index is 0.00286. The van der Waals surface area contributed by atoms with Gasteiger partial charge in [-0.3, -0.25) is 0 Å². The molecule has 6 rings (SSSR count). The van der Waals surface area contributed by atoms with Crippen LogP contribution in [0, 0.1) is 17.8 Å². The normalized spacial score (nSPS) is 33.8. The van der Waals surface area contributed by atoms with E-state index in [-0.39, 0.29) is 150 Å². The zero-order valence-corrected chi connectivity index (χ0v) is 71.4. The SMILES string of the molecule is C=CCOCC(O)COC(C)COC1C(OC)OCC(OC2OC[C@@H](C)C(O)C2OCC(C)O)C1O.C=CCOCC(O)COC(C)COC1C(OC)OCC(OC2OC[C@@H](C)C(O)C2OCC(C)OCC(O)COCCCC)C1O.C=CCOCC(O)COC1C(OC2COC(OC)C(OCC(O)COCCCC)C2O)OC[C@@H](C)C1O. The van der Waals surface area contributed by atoms with Gasteiger partial charge in [0.05, 0.1) is 195 Å². The molecule has 33 atom stereocenters. The summed E-state index contributed by atoms with van der Waals surface area (Å²) in [5.41, 5.74) is 0. The summed E-state index contributed by atoms with van der Waals surface area (Å²) in [6, 6.07) is 0. The van der Waals surface area contributed by atoms with Crippen LogP contribution in [-0.4, -0.2) is 432 Å². The van der Waals surface area contributed by atoms with Crippen molar-refractivity contribution in [3.8, 4) is 0 Å². The Bertz CT molecular complexity index is 2490. The molecule has 118 heavy (non-hydrogen) atoms. The zero-order valence-electron chi connectivity index (χ0n) is 71.4. The van der Waals surface area contributed by atoms with Gasteiger partial charge >= 0.3 is 0 Å². The van der Waals surface area contributed by atoms with Crippen LogP contribution >= 0.6 is 0 Å². The third-order valence-corrected chi connectivity index (χ3v) is 19.3. The summed E-state index contributed by atoms with van der Waals surface area (Å²) in [4.78, 5) is 0. The van der Waals surface area contributed by atoms with Gasteiger partial charge < -0.3 is 184 Å². The molecule has 0 bridgehead atoms. The number of methoxy groups -OCH3 is 3.